The molecule has 3 rings (SSSR count). The lowest BCUT2D eigenvalue weighted by Crippen LogP contribution is -2.38. The molecule has 126 valence electrons. The molecule has 1 aliphatic rings. The number of amides is 1. The molecule has 1 amide bonds. The van der Waals surface area contributed by atoms with E-state index < -0.39 is 5.97 Å². The van der Waals surface area contributed by atoms with Gasteiger partial charge in [-0.15, -0.1) is 23.1 Å². The smallest absolute Gasteiger partial charge is 0.323 e. The summed E-state index contributed by atoms with van der Waals surface area (Å²) in [5.74, 6) is -0.773. The lowest BCUT2D eigenvalue weighted by Gasteiger charge is -2.28. The Morgan fingerprint density at radius 1 is 1.25 bits per heavy atom. The van der Waals surface area contributed by atoms with Crippen LogP contribution in [-0.4, -0.2) is 34.2 Å². The second-order valence-electron chi connectivity index (χ2n) is 5.51. The Morgan fingerprint density at radius 2 is 2.00 bits per heavy atom. The van der Waals surface area contributed by atoms with Crippen LogP contribution in [-0.2, 0) is 22.6 Å². The lowest BCUT2D eigenvalue weighted by molar-refractivity contribution is -0.144. The van der Waals surface area contributed by atoms with Crippen molar-refractivity contribution in [1.29, 1.82) is 0 Å². The molecule has 7 heteroatoms. The molecule has 0 saturated carbocycles. The number of thiophene rings is 1. The van der Waals surface area contributed by atoms with Crippen molar-refractivity contribution in [2.75, 3.05) is 12.3 Å². The van der Waals surface area contributed by atoms with Gasteiger partial charge in [-0.3, -0.25) is 9.59 Å². The van der Waals surface area contributed by atoms with E-state index in [9.17, 15) is 14.0 Å². The minimum absolute atomic E-state index is 0.155. The van der Waals surface area contributed by atoms with Gasteiger partial charge < -0.3 is 10.0 Å². The molecular formula is C17H16FNO3S2. The molecular weight excluding hydrogens is 349 g/mol. The summed E-state index contributed by atoms with van der Waals surface area (Å²) in [6.07, 6.45) is 0.943. The van der Waals surface area contributed by atoms with Crippen LogP contribution in [0.2, 0.25) is 0 Å². The highest BCUT2D eigenvalue weighted by atomic mass is 32.2. The molecule has 1 unspecified atom stereocenters. The number of halogens is 1. The number of hydrogen-bond donors (Lipinski definition) is 1. The SMILES string of the molecule is O=C(O)CN(Cc1ccc(F)cc1)C(=O)C1SCCc2sccc21. The van der Waals surface area contributed by atoms with Crippen LogP contribution in [0.15, 0.2) is 35.7 Å². The average Bonchev–Trinajstić information content (AvgIpc) is 3.04. The van der Waals surface area contributed by atoms with Gasteiger partial charge in [0.15, 0.2) is 0 Å². The van der Waals surface area contributed by atoms with Crippen molar-refractivity contribution in [3.63, 3.8) is 0 Å². The third kappa shape index (κ3) is 3.79. The Hall–Kier alpha value is -1.86. The number of rotatable bonds is 5. The van der Waals surface area contributed by atoms with Gasteiger partial charge in [0, 0.05) is 11.4 Å². The topological polar surface area (TPSA) is 57.6 Å². The summed E-state index contributed by atoms with van der Waals surface area (Å²) < 4.78 is 13.0. The number of carbonyl (C=O) groups excluding carboxylic acids is 1. The van der Waals surface area contributed by atoms with E-state index in [1.165, 1.54) is 21.9 Å². The van der Waals surface area contributed by atoms with E-state index in [0.717, 1.165) is 17.7 Å². The maximum absolute atomic E-state index is 13.0. The fourth-order valence-corrected chi connectivity index (χ4v) is 5.08. The Bertz CT molecular complexity index is 745. The van der Waals surface area contributed by atoms with Crippen LogP contribution in [0.25, 0.3) is 0 Å². The van der Waals surface area contributed by atoms with E-state index in [1.54, 1.807) is 35.2 Å². The predicted molar refractivity (Wildman–Crippen MR) is 92.7 cm³/mol. The van der Waals surface area contributed by atoms with Gasteiger partial charge in [-0.25, -0.2) is 4.39 Å². The number of aryl methyl sites for hydroxylation is 1. The number of benzene rings is 1. The number of carbonyl (C=O) groups is 2. The zero-order chi connectivity index (χ0) is 17.1. The fourth-order valence-electron chi connectivity index (χ4n) is 2.70. The first-order valence-electron chi connectivity index (χ1n) is 7.47. The van der Waals surface area contributed by atoms with Crippen molar-refractivity contribution in [3.8, 4) is 0 Å². The molecule has 1 N–H and O–H groups in total. The van der Waals surface area contributed by atoms with Gasteiger partial charge in [0.05, 0.1) is 0 Å². The first-order chi connectivity index (χ1) is 11.5. The Labute approximate surface area is 147 Å². The number of fused-ring (bicyclic) bond motifs is 1. The molecule has 4 nitrogen and oxygen atoms in total. The number of aliphatic carboxylic acids is 1. The first kappa shape index (κ1) is 17.0. The quantitative estimate of drug-likeness (QED) is 0.883. The second-order valence-corrected chi connectivity index (χ2v) is 7.73. The molecule has 0 saturated heterocycles. The van der Waals surface area contributed by atoms with E-state index in [4.69, 9.17) is 5.11 Å². The van der Waals surface area contributed by atoms with Gasteiger partial charge in [-0.05, 0) is 46.9 Å². The highest BCUT2D eigenvalue weighted by molar-refractivity contribution is 8.00. The zero-order valence-electron chi connectivity index (χ0n) is 12.8. The molecule has 1 aromatic heterocycles. The molecule has 0 bridgehead atoms. The highest BCUT2D eigenvalue weighted by Crippen LogP contribution is 2.40. The molecule has 1 atom stereocenters. The van der Waals surface area contributed by atoms with Crippen molar-refractivity contribution in [1.82, 2.24) is 4.90 Å². The number of hydrogen-bond acceptors (Lipinski definition) is 4. The molecule has 1 aromatic carbocycles. The number of thioether (sulfide) groups is 1. The van der Waals surface area contributed by atoms with Crippen LogP contribution in [0.1, 0.15) is 21.3 Å². The zero-order valence-corrected chi connectivity index (χ0v) is 14.4. The van der Waals surface area contributed by atoms with Crippen LogP contribution in [0.4, 0.5) is 4.39 Å². The molecule has 24 heavy (non-hydrogen) atoms. The van der Waals surface area contributed by atoms with Crippen LogP contribution in [0.5, 0.6) is 0 Å². The standard InChI is InChI=1S/C17H16FNO3S2/c18-12-3-1-11(2-4-12)9-19(10-15(20)21)17(22)16-13-5-7-23-14(13)6-8-24-16/h1-5,7,16H,6,8-10H2,(H,20,21). The van der Waals surface area contributed by atoms with Crippen molar-refractivity contribution in [3.05, 3.63) is 57.5 Å². The Balaban J connectivity index is 1.82. The molecule has 2 heterocycles. The Morgan fingerprint density at radius 3 is 2.71 bits per heavy atom. The van der Waals surface area contributed by atoms with Crippen LogP contribution < -0.4 is 0 Å². The molecule has 2 aromatic rings. The molecule has 1 aliphatic heterocycles. The summed E-state index contributed by atoms with van der Waals surface area (Å²) in [6.45, 7) is -0.214. The monoisotopic (exact) mass is 365 g/mol. The van der Waals surface area contributed by atoms with Crippen molar-refractivity contribution < 1.29 is 19.1 Å². The van der Waals surface area contributed by atoms with Gasteiger partial charge in [-0.1, -0.05) is 12.1 Å². The number of carboxylic acids is 1. The van der Waals surface area contributed by atoms with Gasteiger partial charge >= 0.3 is 5.97 Å². The maximum Gasteiger partial charge on any atom is 0.323 e. The van der Waals surface area contributed by atoms with Crippen LogP contribution in [0.3, 0.4) is 0 Å². The van der Waals surface area contributed by atoms with Gasteiger partial charge in [0.2, 0.25) is 5.91 Å². The fraction of sp³-hybridized carbons (Fsp3) is 0.294. The largest absolute Gasteiger partial charge is 0.480 e. The lowest BCUT2D eigenvalue weighted by atomic mass is 10.1. The average molecular weight is 365 g/mol. The highest BCUT2D eigenvalue weighted by Gasteiger charge is 2.32. The second kappa shape index (κ2) is 7.36. The van der Waals surface area contributed by atoms with Crippen LogP contribution in [0, 0.1) is 5.82 Å². The van der Waals surface area contributed by atoms with Gasteiger partial charge in [0.1, 0.15) is 17.6 Å². The van der Waals surface area contributed by atoms with E-state index in [2.05, 4.69) is 0 Å². The minimum Gasteiger partial charge on any atom is -0.480 e. The minimum atomic E-state index is -1.06. The number of nitrogens with zero attached hydrogens (tertiary/aromatic N) is 1. The normalized spacial score (nSPS) is 16.5. The summed E-state index contributed by atoms with van der Waals surface area (Å²) in [7, 11) is 0. The molecule has 0 spiro atoms. The predicted octanol–water partition coefficient (Wildman–Crippen LogP) is 3.33. The van der Waals surface area contributed by atoms with Crippen LogP contribution >= 0.6 is 23.1 Å². The first-order valence-corrected chi connectivity index (χ1v) is 9.40. The Kier molecular flexibility index (Phi) is 5.20. The summed E-state index contributed by atoms with van der Waals surface area (Å²) in [4.78, 5) is 26.6. The van der Waals surface area contributed by atoms with Gasteiger partial charge in [0.25, 0.3) is 0 Å². The van der Waals surface area contributed by atoms with Crippen molar-refractivity contribution >= 4 is 35.0 Å². The van der Waals surface area contributed by atoms with Crippen molar-refractivity contribution in [2.45, 2.75) is 18.2 Å². The van der Waals surface area contributed by atoms with E-state index in [0.29, 0.717) is 5.56 Å². The summed E-state index contributed by atoms with van der Waals surface area (Å²) >= 11 is 3.19. The molecule has 0 fully saturated rings. The third-order valence-electron chi connectivity index (χ3n) is 3.82. The number of carboxylic acid groups (broad SMARTS) is 1. The van der Waals surface area contributed by atoms with Crippen molar-refractivity contribution in [2.24, 2.45) is 0 Å². The molecule has 0 aliphatic carbocycles. The molecule has 0 radical (unpaired) electrons. The van der Waals surface area contributed by atoms with Gasteiger partial charge in [-0.2, -0.15) is 0 Å². The van der Waals surface area contributed by atoms with E-state index >= 15 is 0 Å². The summed E-state index contributed by atoms with van der Waals surface area (Å²) in [6, 6.07) is 7.71. The van der Waals surface area contributed by atoms with E-state index in [1.807, 2.05) is 11.4 Å². The third-order valence-corrected chi connectivity index (χ3v) is 6.05. The summed E-state index contributed by atoms with van der Waals surface area (Å²) in [5.41, 5.74) is 1.70. The maximum atomic E-state index is 13.0. The summed E-state index contributed by atoms with van der Waals surface area (Å²) in [5, 5.41) is 10.8. The van der Waals surface area contributed by atoms with E-state index in [-0.39, 0.29) is 30.1 Å².